The maximum Gasteiger partial charge on any atom is 0.0348 e. The minimum atomic E-state index is 0.251. The maximum absolute atomic E-state index is 3.75. The molecule has 1 N–H and O–H groups in total. The van der Waals surface area contributed by atoms with E-state index in [1.807, 2.05) is 0 Å². The van der Waals surface area contributed by atoms with Gasteiger partial charge < -0.3 is 5.32 Å². The van der Waals surface area contributed by atoms with Crippen molar-refractivity contribution in [3.05, 3.63) is 35.4 Å². The van der Waals surface area contributed by atoms with Crippen molar-refractivity contribution in [1.82, 2.24) is 5.32 Å². The molecule has 19 heavy (non-hydrogen) atoms. The minimum absolute atomic E-state index is 0.251. The first-order chi connectivity index (χ1) is 9.02. The number of rotatable bonds is 5. The summed E-state index contributed by atoms with van der Waals surface area (Å²) in [4.78, 5) is 0. The molecule has 1 aliphatic carbocycles. The largest absolute Gasteiger partial charge is 0.310 e. The SMILES string of the molecule is CCCNC(c1ccc(C(C)(C)C)cc1)C1CCC1. The first-order valence-electron chi connectivity index (χ1n) is 7.86. The molecule has 106 valence electrons. The summed E-state index contributed by atoms with van der Waals surface area (Å²) in [6, 6.07) is 9.88. The van der Waals surface area contributed by atoms with Crippen LogP contribution in [0.5, 0.6) is 0 Å². The quantitative estimate of drug-likeness (QED) is 0.799. The molecule has 0 radical (unpaired) electrons. The third-order valence-electron chi connectivity index (χ3n) is 4.37. The molecule has 1 saturated carbocycles. The first-order valence-corrected chi connectivity index (χ1v) is 7.86. The van der Waals surface area contributed by atoms with Gasteiger partial charge in [-0.15, -0.1) is 0 Å². The summed E-state index contributed by atoms with van der Waals surface area (Å²) < 4.78 is 0. The molecule has 0 bridgehead atoms. The van der Waals surface area contributed by atoms with Gasteiger partial charge in [0.1, 0.15) is 0 Å². The van der Waals surface area contributed by atoms with Crippen LogP contribution in [0.25, 0.3) is 0 Å². The minimum Gasteiger partial charge on any atom is -0.310 e. The van der Waals surface area contributed by atoms with E-state index in [1.54, 1.807) is 0 Å². The zero-order valence-corrected chi connectivity index (χ0v) is 13.0. The van der Waals surface area contributed by atoms with Crippen LogP contribution in [-0.4, -0.2) is 6.54 Å². The Labute approximate surface area is 118 Å². The number of nitrogens with one attached hydrogen (secondary N) is 1. The van der Waals surface area contributed by atoms with E-state index >= 15 is 0 Å². The average molecular weight is 259 g/mol. The summed E-state index contributed by atoms with van der Waals surface area (Å²) in [7, 11) is 0. The van der Waals surface area contributed by atoms with Gasteiger partial charge >= 0.3 is 0 Å². The van der Waals surface area contributed by atoms with E-state index < -0.39 is 0 Å². The van der Waals surface area contributed by atoms with Gasteiger partial charge in [-0.3, -0.25) is 0 Å². The topological polar surface area (TPSA) is 12.0 Å². The van der Waals surface area contributed by atoms with Crippen LogP contribution in [0.3, 0.4) is 0 Å². The molecule has 0 amide bonds. The summed E-state index contributed by atoms with van der Waals surface area (Å²) in [5.41, 5.74) is 3.16. The Bertz CT molecular complexity index is 381. The van der Waals surface area contributed by atoms with Gasteiger partial charge in [0.15, 0.2) is 0 Å². The van der Waals surface area contributed by atoms with Crippen molar-refractivity contribution in [2.45, 2.75) is 64.8 Å². The predicted octanol–water partition coefficient (Wildman–Crippen LogP) is 4.82. The van der Waals surface area contributed by atoms with Crippen molar-refractivity contribution < 1.29 is 0 Å². The molecule has 1 aromatic carbocycles. The predicted molar refractivity (Wildman–Crippen MR) is 83.5 cm³/mol. The highest BCUT2D eigenvalue weighted by Gasteiger charge is 2.28. The highest BCUT2D eigenvalue weighted by molar-refractivity contribution is 5.29. The van der Waals surface area contributed by atoms with Gasteiger partial charge in [0.2, 0.25) is 0 Å². The molecule has 0 saturated heterocycles. The van der Waals surface area contributed by atoms with E-state index in [1.165, 1.54) is 36.8 Å². The lowest BCUT2D eigenvalue weighted by Crippen LogP contribution is -2.32. The molecule has 0 aromatic heterocycles. The smallest absolute Gasteiger partial charge is 0.0348 e. The third kappa shape index (κ3) is 3.60. The Morgan fingerprint density at radius 3 is 2.21 bits per heavy atom. The van der Waals surface area contributed by atoms with E-state index in [0.29, 0.717) is 6.04 Å². The molecule has 0 heterocycles. The fraction of sp³-hybridized carbons (Fsp3) is 0.667. The fourth-order valence-electron chi connectivity index (χ4n) is 2.82. The van der Waals surface area contributed by atoms with Gasteiger partial charge in [0.05, 0.1) is 0 Å². The van der Waals surface area contributed by atoms with Crippen LogP contribution >= 0.6 is 0 Å². The molecule has 0 aliphatic heterocycles. The second kappa shape index (κ2) is 6.09. The van der Waals surface area contributed by atoms with E-state index in [4.69, 9.17) is 0 Å². The molecule has 1 aliphatic rings. The summed E-state index contributed by atoms with van der Waals surface area (Å²) in [6.45, 7) is 10.2. The van der Waals surface area contributed by atoms with Gasteiger partial charge in [-0.05, 0) is 48.3 Å². The molecule has 1 heteroatoms. The monoisotopic (exact) mass is 259 g/mol. The van der Waals surface area contributed by atoms with Crippen LogP contribution in [-0.2, 0) is 5.41 Å². The van der Waals surface area contributed by atoms with E-state index in [0.717, 1.165) is 12.5 Å². The van der Waals surface area contributed by atoms with Crippen molar-refractivity contribution in [2.75, 3.05) is 6.54 Å². The lowest BCUT2D eigenvalue weighted by Gasteiger charge is -2.35. The van der Waals surface area contributed by atoms with Crippen LogP contribution in [0.15, 0.2) is 24.3 Å². The van der Waals surface area contributed by atoms with Gasteiger partial charge in [-0.2, -0.15) is 0 Å². The average Bonchev–Trinajstić information content (AvgIpc) is 2.31. The zero-order valence-electron chi connectivity index (χ0n) is 13.0. The highest BCUT2D eigenvalue weighted by atomic mass is 14.9. The normalized spacial score (nSPS) is 18.1. The van der Waals surface area contributed by atoms with E-state index in [-0.39, 0.29) is 5.41 Å². The molecule has 2 rings (SSSR count). The van der Waals surface area contributed by atoms with Crippen LogP contribution in [0.2, 0.25) is 0 Å². The Morgan fingerprint density at radius 1 is 1.16 bits per heavy atom. The molecule has 1 unspecified atom stereocenters. The van der Waals surface area contributed by atoms with Crippen molar-refractivity contribution in [3.63, 3.8) is 0 Å². The lowest BCUT2D eigenvalue weighted by atomic mass is 9.76. The Morgan fingerprint density at radius 2 is 1.79 bits per heavy atom. The molecule has 1 atom stereocenters. The Kier molecular flexibility index (Phi) is 4.67. The van der Waals surface area contributed by atoms with Crippen molar-refractivity contribution in [3.8, 4) is 0 Å². The van der Waals surface area contributed by atoms with Gasteiger partial charge in [-0.1, -0.05) is 58.4 Å². The summed E-state index contributed by atoms with van der Waals surface area (Å²) in [5, 5.41) is 3.75. The van der Waals surface area contributed by atoms with Crippen LogP contribution in [0.4, 0.5) is 0 Å². The summed E-state index contributed by atoms with van der Waals surface area (Å²) in [5.74, 6) is 0.854. The maximum atomic E-state index is 3.75. The van der Waals surface area contributed by atoms with Crippen molar-refractivity contribution >= 4 is 0 Å². The summed E-state index contributed by atoms with van der Waals surface area (Å²) in [6.07, 6.45) is 5.41. The molecular weight excluding hydrogens is 230 g/mol. The Hall–Kier alpha value is -0.820. The zero-order chi connectivity index (χ0) is 13.9. The number of hydrogen-bond donors (Lipinski definition) is 1. The number of hydrogen-bond acceptors (Lipinski definition) is 1. The van der Waals surface area contributed by atoms with Crippen molar-refractivity contribution in [1.29, 1.82) is 0 Å². The first kappa shape index (κ1) is 14.6. The fourth-order valence-corrected chi connectivity index (χ4v) is 2.82. The van der Waals surface area contributed by atoms with E-state index in [2.05, 4.69) is 57.3 Å². The highest BCUT2D eigenvalue weighted by Crippen LogP contribution is 2.38. The van der Waals surface area contributed by atoms with Crippen LogP contribution < -0.4 is 5.32 Å². The Balaban J connectivity index is 2.12. The molecule has 1 aromatic rings. The van der Waals surface area contributed by atoms with E-state index in [9.17, 15) is 0 Å². The van der Waals surface area contributed by atoms with Crippen LogP contribution in [0.1, 0.15) is 70.5 Å². The second-order valence-electron chi connectivity index (χ2n) is 6.99. The van der Waals surface area contributed by atoms with Gasteiger partial charge in [0.25, 0.3) is 0 Å². The second-order valence-corrected chi connectivity index (χ2v) is 6.99. The molecular formula is C18H29N. The lowest BCUT2D eigenvalue weighted by molar-refractivity contribution is 0.231. The van der Waals surface area contributed by atoms with Gasteiger partial charge in [-0.25, -0.2) is 0 Å². The van der Waals surface area contributed by atoms with Crippen LogP contribution in [0, 0.1) is 5.92 Å². The molecule has 0 spiro atoms. The summed E-state index contributed by atoms with van der Waals surface area (Å²) >= 11 is 0. The van der Waals surface area contributed by atoms with Crippen molar-refractivity contribution in [2.24, 2.45) is 5.92 Å². The van der Waals surface area contributed by atoms with Gasteiger partial charge in [0, 0.05) is 6.04 Å². The third-order valence-corrected chi connectivity index (χ3v) is 4.37. The molecule has 1 fully saturated rings. The molecule has 1 nitrogen and oxygen atoms in total. The number of benzene rings is 1. The standard InChI is InChI=1S/C18H29N/c1-5-13-19-17(14-7-6-8-14)15-9-11-16(12-10-15)18(2,3)4/h9-12,14,17,19H,5-8,13H2,1-4H3.